The first-order valence-corrected chi connectivity index (χ1v) is 8.31. The quantitative estimate of drug-likeness (QED) is 0.486. The van der Waals surface area contributed by atoms with Crippen LogP contribution in [-0.4, -0.2) is 41.0 Å². The molecule has 2 aromatic carbocycles. The Morgan fingerprint density at radius 3 is 2.46 bits per heavy atom. The smallest absolute Gasteiger partial charge is 0.279 e. The zero-order valence-corrected chi connectivity index (χ0v) is 14.3. The lowest BCUT2D eigenvalue weighted by atomic mass is 10.1. The fraction of sp³-hybridized carbons (Fsp3) is 0.278. The highest BCUT2D eigenvalue weighted by Gasteiger charge is 2.24. The van der Waals surface area contributed by atoms with Crippen LogP contribution in [0.4, 0.5) is 11.4 Å². The molecule has 0 N–H and O–H groups in total. The van der Waals surface area contributed by atoms with Gasteiger partial charge in [0.05, 0.1) is 10.5 Å². The molecule has 0 spiro atoms. The minimum absolute atomic E-state index is 0.0728. The predicted molar refractivity (Wildman–Crippen MR) is 99.8 cm³/mol. The molecular weight excluding hydrogens is 322 g/mol. The highest BCUT2D eigenvalue weighted by molar-refractivity contribution is 7.80. The molecule has 2 aromatic rings. The number of rotatable bonds is 3. The first-order chi connectivity index (χ1) is 11.6. The van der Waals surface area contributed by atoms with Gasteiger partial charge in [0.2, 0.25) is 0 Å². The fourth-order valence-corrected chi connectivity index (χ4v) is 3.33. The lowest BCUT2D eigenvalue weighted by Crippen LogP contribution is -2.48. The molecule has 0 saturated carbocycles. The van der Waals surface area contributed by atoms with Crippen LogP contribution >= 0.6 is 12.2 Å². The second kappa shape index (κ2) is 6.97. The van der Waals surface area contributed by atoms with Crippen molar-refractivity contribution in [2.45, 2.75) is 6.92 Å². The van der Waals surface area contributed by atoms with Crippen molar-refractivity contribution in [3.8, 4) is 0 Å². The van der Waals surface area contributed by atoms with Gasteiger partial charge in [0, 0.05) is 37.9 Å². The van der Waals surface area contributed by atoms with Crippen LogP contribution in [0, 0.1) is 17.0 Å². The Hall–Kier alpha value is -2.47. The molecule has 5 nitrogen and oxygen atoms in total. The largest absolute Gasteiger partial charge is 0.368 e. The SMILES string of the molecule is Cc1cccc(N2CCN(C(=S)c3ccccc3[N+](=O)[O-])CC2)c1. The van der Waals surface area contributed by atoms with Crippen molar-refractivity contribution in [2.24, 2.45) is 0 Å². The second-order valence-electron chi connectivity index (χ2n) is 5.89. The van der Waals surface area contributed by atoms with Crippen LogP contribution in [-0.2, 0) is 0 Å². The van der Waals surface area contributed by atoms with Gasteiger partial charge in [0.25, 0.3) is 5.69 Å². The van der Waals surface area contributed by atoms with Crippen LogP contribution in [0.25, 0.3) is 0 Å². The van der Waals surface area contributed by atoms with Crippen molar-refractivity contribution < 1.29 is 4.92 Å². The number of piperazine rings is 1. The molecule has 1 saturated heterocycles. The van der Waals surface area contributed by atoms with E-state index in [2.05, 4.69) is 41.0 Å². The summed E-state index contributed by atoms with van der Waals surface area (Å²) in [6.07, 6.45) is 0. The van der Waals surface area contributed by atoms with Crippen molar-refractivity contribution in [3.63, 3.8) is 0 Å². The summed E-state index contributed by atoms with van der Waals surface area (Å²) in [5, 5.41) is 11.2. The van der Waals surface area contributed by atoms with Crippen LogP contribution in [0.15, 0.2) is 48.5 Å². The third-order valence-electron chi connectivity index (χ3n) is 4.26. The molecule has 0 atom stereocenters. The molecule has 0 aliphatic carbocycles. The Balaban J connectivity index is 1.71. The van der Waals surface area contributed by atoms with Crippen LogP contribution in [0.1, 0.15) is 11.1 Å². The van der Waals surface area contributed by atoms with Gasteiger partial charge >= 0.3 is 0 Å². The highest BCUT2D eigenvalue weighted by atomic mass is 32.1. The first-order valence-electron chi connectivity index (χ1n) is 7.90. The molecule has 1 aliphatic heterocycles. The summed E-state index contributed by atoms with van der Waals surface area (Å²) in [5.74, 6) is 0. The molecule has 24 heavy (non-hydrogen) atoms. The van der Waals surface area contributed by atoms with Gasteiger partial charge in [-0.3, -0.25) is 10.1 Å². The summed E-state index contributed by atoms with van der Waals surface area (Å²) < 4.78 is 0. The Morgan fingerprint density at radius 2 is 1.79 bits per heavy atom. The maximum atomic E-state index is 11.2. The molecule has 0 radical (unpaired) electrons. The van der Waals surface area contributed by atoms with Gasteiger partial charge in [0.15, 0.2) is 0 Å². The number of nitrogens with zero attached hydrogens (tertiary/aromatic N) is 3. The third-order valence-corrected chi connectivity index (χ3v) is 4.74. The number of hydrogen-bond acceptors (Lipinski definition) is 4. The molecule has 1 aliphatic rings. The summed E-state index contributed by atoms with van der Waals surface area (Å²) in [5.41, 5.74) is 3.06. The van der Waals surface area contributed by atoms with Crippen molar-refractivity contribution in [3.05, 3.63) is 69.8 Å². The maximum Gasteiger partial charge on any atom is 0.279 e. The Bertz CT molecular complexity index is 770. The number of para-hydroxylation sites is 1. The maximum absolute atomic E-state index is 11.2. The second-order valence-corrected chi connectivity index (χ2v) is 6.28. The highest BCUT2D eigenvalue weighted by Crippen LogP contribution is 2.23. The monoisotopic (exact) mass is 341 g/mol. The van der Waals surface area contributed by atoms with E-state index in [1.807, 2.05) is 0 Å². The van der Waals surface area contributed by atoms with Crippen LogP contribution in [0.3, 0.4) is 0 Å². The van der Waals surface area contributed by atoms with Crippen LogP contribution in [0.5, 0.6) is 0 Å². The fourth-order valence-electron chi connectivity index (χ4n) is 2.98. The molecule has 1 fully saturated rings. The Morgan fingerprint density at radius 1 is 1.08 bits per heavy atom. The van der Waals surface area contributed by atoms with Gasteiger partial charge in [-0.1, -0.05) is 36.5 Å². The van der Waals surface area contributed by atoms with Crippen molar-refractivity contribution in [1.29, 1.82) is 0 Å². The molecular formula is C18H19N3O2S. The number of nitro benzene ring substituents is 1. The minimum atomic E-state index is -0.370. The van der Waals surface area contributed by atoms with E-state index in [1.165, 1.54) is 17.3 Å². The minimum Gasteiger partial charge on any atom is -0.368 e. The van der Waals surface area contributed by atoms with E-state index in [4.69, 9.17) is 12.2 Å². The molecule has 0 bridgehead atoms. The van der Waals surface area contributed by atoms with Crippen molar-refractivity contribution in [2.75, 3.05) is 31.1 Å². The van der Waals surface area contributed by atoms with Crippen LogP contribution in [0.2, 0.25) is 0 Å². The van der Waals surface area contributed by atoms with Gasteiger partial charge < -0.3 is 9.80 Å². The summed E-state index contributed by atoms with van der Waals surface area (Å²) in [6, 6.07) is 15.1. The molecule has 6 heteroatoms. The van der Waals surface area contributed by atoms with E-state index in [9.17, 15) is 10.1 Å². The number of hydrogen-bond donors (Lipinski definition) is 0. The molecule has 0 amide bonds. The number of anilines is 1. The molecule has 0 aromatic heterocycles. The van der Waals surface area contributed by atoms with Gasteiger partial charge in [-0.05, 0) is 30.7 Å². The van der Waals surface area contributed by atoms with E-state index in [1.54, 1.807) is 18.2 Å². The van der Waals surface area contributed by atoms with E-state index in [0.717, 1.165) is 26.2 Å². The summed E-state index contributed by atoms with van der Waals surface area (Å²) in [6.45, 7) is 5.31. The first kappa shape index (κ1) is 16.4. The summed E-state index contributed by atoms with van der Waals surface area (Å²) in [7, 11) is 0. The topological polar surface area (TPSA) is 49.6 Å². The van der Waals surface area contributed by atoms with Gasteiger partial charge in [-0.25, -0.2) is 0 Å². The standard InChI is InChI=1S/C18H19N3O2S/c1-14-5-4-6-15(13-14)19-9-11-20(12-10-19)18(24)16-7-2-3-8-17(16)21(22)23/h2-8,13H,9-12H2,1H3. The van der Waals surface area contributed by atoms with Gasteiger partial charge in [-0.2, -0.15) is 0 Å². The van der Waals surface area contributed by atoms with Gasteiger partial charge in [-0.15, -0.1) is 0 Å². The lowest BCUT2D eigenvalue weighted by molar-refractivity contribution is -0.385. The van der Waals surface area contributed by atoms with Crippen molar-refractivity contribution in [1.82, 2.24) is 4.90 Å². The summed E-state index contributed by atoms with van der Waals surface area (Å²) >= 11 is 5.53. The van der Waals surface area contributed by atoms with E-state index >= 15 is 0 Å². The molecule has 1 heterocycles. The third kappa shape index (κ3) is 3.38. The van der Waals surface area contributed by atoms with E-state index in [0.29, 0.717) is 10.6 Å². The lowest BCUT2D eigenvalue weighted by Gasteiger charge is -2.37. The van der Waals surface area contributed by atoms with E-state index in [-0.39, 0.29) is 10.6 Å². The van der Waals surface area contributed by atoms with Gasteiger partial charge in [0.1, 0.15) is 4.99 Å². The predicted octanol–water partition coefficient (Wildman–Crippen LogP) is 3.40. The normalized spacial score (nSPS) is 14.5. The average molecular weight is 341 g/mol. The molecule has 124 valence electrons. The zero-order chi connectivity index (χ0) is 17.1. The number of aryl methyl sites for hydroxylation is 1. The average Bonchev–Trinajstić information content (AvgIpc) is 2.61. The number of nitro groups is 1. The van der Waals surface area contributed by atoms with E-state index < -0.39 is 0 Å². The molecule has 3 rings (SSSR count). The molecule has 0 unspecified atom stereocenters. The van der Waals surface area contributed by atoms with Crippen LogP contribution < -0.4 is 4.90 Å². The number of benzene rings is 2. The summed E-state index contributed by atoms with van der Waals surface area (Å²) in [4.78, 5) is 15.8. The number of thiocarbonyl (C=S) groups is 1. The van der Waals surface area contributed by atoms with Crippen molar-refractivity contribution >= 4 is 28.6 Å². The Labute approximate surface area is 146 Å². The Kier molecular flexibility index (Phi) is 4.76. The zero-order valence-electron chi connectivity index (χ0n) is 13.5.